The van der Waals surface area contributed by atoms with Gasteiger partial charge in [0.2, 0.25) is 5.91 Å². The summed E-state index contributed by atoms with van der Waals surface area (Å²) in [6.45, 7) is 2.70. The maximum atomic E-state index is 12.1. The number of nitrogens with one attached hydrogen (secondary N) is 2. The van der Waals surface area contributed by atoms with E-state index in [1.54, 1.807) is 12.1 Å². The van der Waals surface area contributed by atoms with E-state index in [0.29, 0.717) is 18.0 Å². The number of carbonyl (C=O) groups excluding carboxylic acids is 1. The Morgan fingerprint density at radius 2 is 2.12 bits per heavy atom. The first kappa shape index (κ1) is 16.4. The number of rotatable bonds is 6. The maximum absolute atomic E-state index is 12.1. The molecule has 0 aromatic heterocycles. The summed E-state index contributed by atoms with van der Waals surface area (Å²) < 4.78 is 0. The van der Waals surface area contributed by atoms with Gasteiger partial charge in [0.05, 0.1) is 11.3 Å². The van der Waals surface area contributed by atoms with Gasteiger partial charge in [-0.15, -0.1) is 0 Å². The van der Waals surface area contributed by atoms with Crippen molar-refractivity contribution >= 4 is 23.3 Å². The standard InChI is InChI=1S/C19H25N3O3/c23-17(6-3-13-1-2-13)21-16-5-4-14(11-15(16)18(24)25)22-10-9-20-19(12-22)7-8-19/h4-5,11,13,20H,1-3,6-10,12H2,(H,21,23)(H,24,25). The molecule has 4 rings (SSSR count). The fourth-order valence-corrected chi connectivity index (χ4v) is 3.63. The summed E-state index contributed by atoms with van der Waals surface area (Å²) in [4.78, 5) is 26.0. The van der Waals surface area contributed by atoms with Crippen molar-refractivity contribution in [3.8, 4) is 0 Å². The van der Waals surface area contributed by atoms with Crippen LogP contribution in [-0.2, 0) is 4.79 Å². The highest BCUT2D eigenvalue weighted by Gasteiger charge is 2.45. The van der Waals surface area contributed by atoms with E-state index >= 15 is 0 Å². The Kier molecular flexibility index (Phi) is 4.15. The zero-order valence-corrected chi connectivity index (χ0v) is 14.4. The van der Waals surface area contributed by atoms with E-state index in [1.807, 2.05) is 6.07 Å². The van der Waals surface area contributed by atoms with E-state index in [9.17, 15) is 14.7 Å². The van der Waals surface area contributed by atoms with Crippen LogP contribution in [0, 0.1) is 5.92 Å². The fourth-order valence-electron chi connectivity index (χ4n) is 3.63. The minimum absolute atomic E-state index is 0.0961. The lowest BCUT2D eigenvalue weighted by molar-refractivity contribution is -0.116. The molecule has 2 saturated carbocycles. The van der Waals surface area contributed by atoms with Crippen molar-refractivity contribution in [3.05, 3.63) is 23.8 Å². The number of amides is 1. The molecule has 3 aliphatic rings. The zero-order valence-electron chi connectivity index (χ0n) is 14.4. The molecule has 0 radical (unpaired) electrons. The molecule has 1 aromatic rings. The molecule has 1 heterocycles. The van der Waals surface area contributed by atoms with Gasteiger partial charge in [-0.2, -0.15) is 0 Å². The SMILES string of the molecule is O=C(CCC1CC1)Nc1ccc(N2CCNC3(CC3)C2)cc1C(=O)O. The van der Waals surface area contributed by atoms with Gasteiger partial charge in [-0.05, 0) is 43.4 Å². The summed E-state index contributed by atoms with van der Waals surface area (Å²) in [5.41, 5.74) is 1.72. The molecule has 6 heteroatoms. The van der Waals surface area contributed by atoms with E-state index in [2.05, 4.69) is 15.5 Å². The van der Waals surface area contributed by atoms with Crippen molar-refractivity contribution in [2.75, 3.05) is 29.9 Å². The molecule has 0 unspecified atom stereocenters. The predicted octanol–water partition coefficient (Wildman–Crippen LogP) is 2.46. The largest absolute Gasteiger partial charge is 0.478 e. The lowest BCUT2D eigenvalue weighted by atomic mass is 10.1. The summed E-state index contributed by atoms with van der Waals surface area (Å²) in [5.74, 6) is -0.411. The van der Waals surface area contributed by atoms with Gasteiger partial charge in [-0.1, -0.05) is 12.8 Å². The lowest BCUT2D eigenvalue weighted by Crippen LogP contribution is -2.52. The van der Waals surface area contributed by atoms with E-state index in [4.69, 9.17) is 0 Å². The molecule has 25 heavy (non-hydrogen) atoms. The van der Waals surface area contributed by atoms with Crippen molar-refractivity contribution in [1.82, 2.24) is 5.32 Å². The van der Waals surface area contributed by atoms with Crippen molar-refractivity contribution in [2.24, 2.45) is 5.92 Å². The molecule has 3 fully saturated rings. The number of hydrogen-bond donors (Lipinski definition) is 3. The third-order valence-corrected chi connectivity index (χ3v) is 5.58. The summed E-state index contributed by atoms with van der Waals surface area (Å²) in [6.07, 6.45) is 6.17. The first-order valence-electron chi connectivity index (χ1n) is 9.22. The molecule has 6 nitrogen and oxygen atoms in total. The molecule has 0 atom stereocenters. The Bertz CT molecular complexity index is 695. The Labute approximate surface area is 147 Å². The summed E-state index contributed by atoms with van der Waals surface area (Å²) in [7, 11) is 0. The van der Waals surface area contributed by atoms with E-state index in [0.717, 1.165) is 31.7 Å². The molecular weight excluding hydrogens is 318 g/mol. The van der Waals surface area contributed by atoms with Crippen molar-refractivity contribution in [1.29, 1.82) is 0 Å². The van der Waals surface area contributed by atoms with Crippen molar-refractivity contribution in [3.63, 3.8) is 0 Å². The van der Waals surface area contributed by atoms with Crippen LogP contribution >= 0.6 is 0 Å². The number of carbonyl (C=O) groups is 2. The molecular formula is C19H25N3O3. The number of carboxylic acids is 1. The van der Waals surface area contributed by atoms with Crippen molar-refractivity contribution in [2.45, 2.75) is 44.1 Å². The number of carboxylic acid groups (broad SMARTS) is 1. The summed E-state index contributed by atoms with van der Waals surface area (Å²) >= 11 is 0. The number of benzene rings is 1. The van der Waals surface area contributed by atoms with Crippen LogP contribution in [0.15, 0.2) is 18.2 Å². The molecule has 1 saturated heterocycles. The normalized spacial score (nSPS) is 21.2. The number of anilines is 2. The number of piperazine rings is 1. The lowest BCUT2D eigenvalue weighted by Gasteiger charge is -2.36. The Balaban J connectivity index is 1.47. The second-order valence-corrected chi connectivity index (χ2v) is 7.69. The quantitative estimate of drug-likeness (QED) is 0.739. The first-order valence-corrected chi connectivity index (χ1v) is 9.22. The van der Waals surface area contributed by atoms with E-state index in [1.165, 1.54) is 25.7 Å². The van der Waals surface area contributed by atoms with Crippen LogP contribution in [0.5, 0.6) is 0 Å². The summed E-state index contributed by atoms with van der Waals surface area (Å²) in [5, 5.41) is 15.9. The molecule has 134 valence electrons. The van der Waals surface area contributed by atoms with Crippen LogP contribution in [0.4, 0.5) is 11.4 Å². The highest BCUT2D eigenvalue weighted by molar-refractivity contribution is 6.01. The zero-order chi connectivity index (χ0) is 17.4. The molecule has 1 aliphatic heterocycles. The van der Waals surface area contributed by atoms with Crippen LogP contribution in [0.2, 0.25) is 0 Å². The number of hydrogen-bond acceptors (Lipinski definition) is 4. The van der Waals surface area contributed by atoms with Crippen LogP contribution in [0.1, 0.15) is 48.9 Å². The van der Waals surface area contributed by atoms with E-state index in [-0.39, 0.29) is 17.0 Å². The summed E-state index contributed by atoms with van der Waals surface area (Å²) in [6, 6.07) is 5.35. The molecule has 3 N–H and O–H groups in total. The third kappa shape index (κ3) is 3.79. The van der Waals surface area contributed by atoms with Crippen LogP contribution < -0.4 is 15.5 Å². The average molecular weight is 343 g/mol. The monoisotopic (exact) mass is 343 g/mol. The van der Waals surface area contributed by atoms with Crippen LogP contribution in [-0.4, -0.2) is 42.2 Å². The van der Waals surface area contributed by atoms with Gasteiger partial charge >= 0.3 is 5.97 Å². The number of nitrogens with zero attached hydrogens (tertiary/aromatic N) is 1. The van der Waals surface area contributed by atoms with Crippen molar-refractivity contribution < 1.29 is 14.7 Å². The van der Waals surface area contributed by atoms with Crippen LogP contribution in [0.3, 0.4) is 0 Å². The Morgan fingerprint density at radius 1 is 1.32 bits per heavy atom. The highest BCUT2D eigenvalue weighted by atomic mass is 16.4. The van der Waals surface area contributed by atoms with Crippen LogP contribution in [0.25, 0.3) is 0 Å². The average Bonchev–Trinajstić information content (AvgIpc) is 3.51. The maximum Gasteiger partial charge on any atom is 0.337 e. The van der Waals surface area contributed by atoms with Gasteiger partial charge in [-0.3, -0.25) is 4.79 Å². The fraction of sp³-hybridized carbons (Fsp3) is 0.579. The molecule has 1 aromatic carbocycles. The smallest absolute Gasteiger partial charge is 0.337 e. The van der Waals surface area contributed by atoms with E-state index < -0.39 is 5.97 Å². The van der Waals surface area contributed by atoms with Gasteiger partial charge in [0.25, 0.3) is 0 Å². The highest BCUT2D eigenvalue weighted by Crippen LogP contribution is 2.39. The molecule has 0 bridgehead atoms. The molecule has 1 amide bonds. The minimum Gasteiger partial charge on any atom is -0.478 e. The topological polar surface area (TPSA) is 81.7 Å². The Morgan fingerprint density at radius 3 is 2.80 bits per heavy atom. The van der Waals surface area contributed by atoms with Gasteiger partial charge in [0.15, 0.2) is 0 Å². The predicted molar refractivity (Wildman–Crippen MR) is 96.2 cm³/mol. The second kappa shape index (κ2) is 6.33. The third-order valence-electron chi connectivity index (χ3n) is 5.58. The second-order valence-electron chi connectivity index (χ2n) is 7.69. The van der Waals surface area contributed by atoms with Gasteiger partial charge in [0.1, 0.15) is 0 Å². The molecule has 1 spiro atoms. The Hall–Kier alpha value is -2.08. The van der Waals surface area contributed by atoms with Gasteiger partial charge < -0.3 is 20.6 Å². The number of aromatic carboxylic acids is 1. The minimum atomic E-state index is -1.00. The molecule has 2 aliphatic carbocycles. The van der Waals surface area contributed by atoms with Gasteiger partial charge in [0, 0.05) is 37.3 Å². The van der Waals surface area contributed by atoms with Gasteiger partial charge in [-0.25, -0.2) is 4.79 Å². The first-order chi connectivity index (χ1) is 12.0.